The Bertz CT molecular complexity index is 1150. The number of thiazole rings is 1. The van der Waals surface area contributed by atoms with Crippen molar-refractivity contribution in [1.82, 2.24) is 20.1 Å². The molecule has 2 aromatic carbocycles. The van der Waals surface area contributed by atoms with Gasteiger partial charge in [0.15, 0.2) is 11.5 Å². The van der Waals surface area contributed by atoms with Crippen LogP contribution in [0.3, 0.4) is 0 Å². The predicted molar refractivity (Wildman–Crippen MR) is 115 cm³/mol. The second-order valence-corrected chi connectivity index (χ2v) is 7.28. The van der Waals surface area contributed by atoms with Gasteiger partial charge < -0.3 is 14.8 Å². The van der Waals surface area contributed by atoms with Gasteiger partial charge in [0.1, 0.15) is 10.7 Å². The number of nitrogens with one attached hydrogen (secondary N) is 1. The highest BCUT2D eigenvalue weighted by Gasteiger charge is 2.14. The molecule has 0 fully saturated rings. The Kier molecular flexibility index (Phi) is 5.76. The summed E-state index contributed by atoms with van der Waals surface area (Å²) < 4.78 is 12.3. The van der Waals surface area contributed by atoms with E-state index >= 15 is 0 Å². The highest BCUT2D eigenvalue weighted by atomic mass is 32.1. The lowest BCUT2D eigenvalue weighted by molar-refractivity contribution is 0.0946. The van der Waals surface area contributed by atoms with Gasteiger partial charge in [0, 0.05) is 23.7 Å². The van der Waals surface area contributed by atoms with E-state index in [0.29, 0.717) is 23.7 Å². The molecule has 1 N–H and O–H groups in total. The van der Waals surface area contributed by atoms with Crippen molar-refractivity contribution in [2.75, 3.05) is 14.2 Å². The lowest BCUT2D eigenvalue weighted by atomic mass is 10.2. The molecule has 1 amide bonds. The monoisotopic (exact) mass is 420 g/mol. The van der Waals surface area contributed by atoms with Gasteiger partial charge in [0.05, 0.1) is 26.1 Å². The predicted octanol–water partition coefficient (Wildman–Crippen LogP) is 3.94. The molecule has 0 atom stereocenters. The number of aromatic nitrogens is 3. The Morgan fingerprint density at radius 3 is 2.67 bits per heavy atom. The molecule has 7 nitrogen and oxygen atoms in total. The van der Waals surface area contributed by atoms with Crippen molar-refractivity contribution < 1.29 is 14.3 Å². The van der Waals surface area contributed by atoms with Crippen molar-refractivity contribution in [3.63, 3.8) is 0 Å². The number of nitrogens with zero attached hydrogens (tertiary/aromatic N) is 3. The SMILES string of the molecule is COc1ccc(CNC(=O)c2csc(-c3cnn(-c4ccccc4)c3)n2)cc1OC. The first-order valence-electron chi connectivity index (χ1n) is 9.23. The van der Waals surface area contributed by atoms with Crippen LogP contribution in [0.1, 0.15) is 16.1 Å². The number of benzene rings is 2. The maximum absolute atomic E-state index is 12.5. The average Bonchev–Trinajstić information content (AvgIpc) is 3.47. The third-order valence-corrected chi connectivity index (χ3v) is 5.38. The zero-order valence-corrected chi connectivity index (χ0v) is 17.3. The summed E-state index contributed by atoms with van der Waals surface area (Å²) in [6, 6.07) is 15.4. The molecule has 0 aliphatic carbocycles. The summed E-state index contributed by atoms with van der Waals surface area (Å²) in [5.41, 5.74) is 3.11. The molecule has 4 rings (SSSR count). The molecular weight excluding hydrogens is 400 g/mol. The lowest BCUT2D eigenvalue weighted by Gasteiger charge is -2.10. The normalized spacial score (nSPS) is 10.6. The van der Waals surface area contributed by atoms with Gasteiger partial charge in [-0.1, -0.05) is 24.3 Å². The maximum Gasteiger partial charge on any atom is 0.271 e. The van der Waals surface area contributed by atoms with Crippen LogP contribution in [0.5, 0.6) is 11.5 Å². The molecule has 2 heterocycles. The number of rotatable bonds is 7. The van der Waals surface area contributed by atoms with Crippen LogP contribution in [0.2, 0.25) is 0 Å². The van der Waals surface area contributed by atoms with Crippen LogP contribution in [-0.4, -0.2) is 34.9 Å². The van der Waals surface area contributed by atoms with Gasteiger partial charge in [0.25, 0.3) is 5.91 Å². The van der Waals surface area contributed by atoms with E-state index in [1.54, 1.807) is 30.5 Å². The number of amides is 1. The van der Waals surface area contributed by atoms with Crippen molar-refractivity contribution in [3.05, 3.63) is 77.6 Å². The van der Waals surface area contributed by atoms with E-state index in [1.165, 1.54) is 11.3 Å². The highest BCUT2D eigenvalue weighted by molar-refractivity contribution is 7.13. The summed E-state index contributed by atoms with van der Waals surface area (Å²) >= 11 is 1.41. The van der Waals surface area contributed by atoms with E-state index in [1.807, 2.05) is 54.7 Å². The van der Waals surface area contributed by atoms with Crippen LogP contribution in [0.4, 0.5) is 0 Å². The van der Waals surface area contributed by atoms with Crippen molar-refractivity contribution in [3.8, 4) is 27.8 Å². The molecule has 8 heteroatoms. The van der Waals surface area contributed by atoms with E-state index < -0.39 is 0 Å². The summed E-state index contributed by atoms with van der Waals surface area (Å²) in [6.45, 7) is 0.359. The van der Waals surface area contributed by atoms with Crippen LogP contribution >= 0.6 is 11.3 Å². The topological polar surface area (TPSA) is 78.3 Å². The van der Waals surface area contributed by atoms with Crippen LogP contribution in [0, 0.1) is 0 Å². The largest absolute Gasteiger partial charge is 0.493 e. The van der Waals surface area contributed by atoms with E-state index in [4.69, 9.17) is 9.47 Å². The zero-order valence-electron chi connectivity index (χ0n) is 16.5. The number of hydrogen-bond donors (Lipinski definition) is 1. The smallest absolute Gasteiger partial charge is 0.271 e. The van der Waals surface area contributed by atoms with Crippen LogP contribution in [0.15, 0.2) is 66.3 Å². The minimum Gasteiger partial charge on any atom is -0.493 e. The Hall–Kier alpha value is -3.65. The Balaban J connectivity index is 1.43. The Morgan fingerprint density at radius 2 is 1.90 bits per heavy atom. The zero-order chi connectivity index (χ0) is 20.9. The molecule has 30 heavy (non-hydrogen) atoms. The fourth-order valence-electron chi connectivity index (χ4n) is 2.93. The molecule has 0 aliphatic rings. The second kappa shape index (κ2) is 8.79. The van der Waals surface area contributed by atoms with Crippen molar-refractivity contribution in [1.29, 1.82) is 0 Å². The number of para-hydroxylation sites is 1. The quantitative estimate of drug-likeness (QED) is 0.490. The summed E-state index contributed by atoms with van der Waals surface area (Å²) in [6.07, 6.45) is 3.65. The van der Waals surface area contributed by atoms with E-state index in [-0.39, 0.29) is 5.91 Å². The first-order valence-corrected chi connectivity index (χ1v) is 10.1. The van der Waals surface area contributed by atoms with Gasteiger partial charge in [-0.05, 0) is 29.8 Å². The molecule has 0 spiro atoms. The number of methoxy groups -OCH3 is 2. The van der Waals surface area contributed by atoms with Crippen LogP contribution < -0.4 is 14.8 Å². The average molecular weight is 420 g/mol. The molecule has 152 valence electrons. The molecule has 4 aromatic rings. The minimum atomic E-state index is -0.234. The number of hydrogen-bond acceptors (Lipinski definition) is 6. The standard InChI is InChI=1S/C22H20N4O3S/c1-28-19-9-8-15(10-20(19)29-2)11-23-21(27)18-14-30-22(25-18)16-12-24-26(13-16)17-6-4-3-5-7-17/h3-10,12-14H,11H2,1-2H3,(H,23,27). The molecule has 0 bridgehead atoms. The molecule has 2 aromatic heterocycles. The van der Waals surface area contributed by atoms with Gasteiger partial charge in [-0.3, -0.25) is 4.79 Å². The fraction of sp³-hybridized carbons (Fsp3) is 0.136. The summed E-state index contributed by atoms with van der Waals surface area (Å²) in [7, 11) is 3.17. The first kappa shape index (κ1) is 19.7. The summed E-state index contributed by atoms with van der Waals surface area (Å²) in [4.78, 5) is 17.0. The summed E-state index contributed by atoms with van der Waals surface area (Å²) in [5.74, 6) is 1.03. The highest BCUT2D eigenvalue weighted by Crippen LogP contribution is 2.28. The Morgan fingerprint density at radius 1 is 1.10 bits per heavy atom. The minimum absolute atomic E-state index is 0.234. The van der Waals surface area contributed by atoms with E-state index in [9.17, 15) is 4.79 Å². The number of ether oxygens (including phenoxy) is 2. The Labute approximate surface area is 177 Å². The second-order valence-electron chi connectivity index (χ2n) is 6.42. The molecule has 0 saturated heterocycles. The van der Waals surface area contributed by atoms with E-state index in [2.05, 4.69) is 15.4 Å². The lowest BCUT2D eigenvalue weighted by Crippen LogP contribution is -2.23. The van der Waals surface area contributed by atoms with Crippen LogP contribution in [0.25, 0.3) is 16.3 Å². The molecular formula is C22H20N4O3S. The van der Waals surface area contributed by atoms with Gasteiger partial charge in [-0.2, -0.15) is 5.10 Å². The number of carbonyl (C=O) groups excluding carboxylic acids is 1. The first-order chi connectivity index (χ1) is 14.7. The van der Waals surface area contributed by atoms with Gasteiger partial charge in [0.2, 0.25) is 0 Å². The molecule has 0 unspecified atom stereocenters. The van der Waals surface area contributed by atoms with Gasteiger partial charge >= 0.3 is 0 Å². The summed E-state index contributed by atoms with van der Waals surface area (Å²) in [5, 5.41) is 9.77. The molecule has 0 saturated carbocycles. The van der Waals surface area contributed by atoms with E-state index in [0.717, 1.165) is 21.8 Å². The van der Waals surface area contributed by atoms with Crippen molar-refractivity contribution in [2.24, 2.45) is 0 Å². The van der Waals surface area contributed by atoms with Crippen molar-refractivity contribution >= 4 is 17.2 Å². The molecule has 0 aliphatic heterocycles. The maximum atomic E-state index is 12.5. The number of carbonyl (C=O) groups is 1. The third-order valence-electron chi connectivity index (χ3n) is 4.49. The third kappa shape index (κ3) is 4.18. The van der Waals surface area contributed by atoms with Crippen LogP contribution in [-0.2, 0) is 6.54 Å². The van der Waals surface area contributed by atoms with Gasteiger partial charge in [-0.15, -0.1) is 11.3 Å². The van der Waals surface area contributed by atoms with Gasteiger partial charge in [-0.25, -0.2) is 9.67 Å². The van der Waals surface area contributed by atoms with Crippen molar-refractivity contribution in [2.45, 2.75) is 6.54 Å². The fourth-order valence-corrected chi connectivity index (χ4v) is 3.70. The molecule has 0 radical (unpaired) electrons.